The molecule has 24 heteroatoms. The number of likely N-dealkylation sites (N-methyl/N-ethyl adjacent to an activating group) is 1. The van der Waals surface area contributed by atoms with E-state index < -0.39 is 119 Å². The van der Waals surface area contributed by atoms with Crippen molar-refractivity contribution in [3.05, 3.63) is 39.7 Å². The molecular formula is C57H91N5O19. The highest BCUT2D eigenvalue weighted by molar-refractivity contribution is 5.95. The zero-order chi connectivity index (χ0) is 60.1. The molecule has 3 saturated heterocycles. The number of aromatic nitrogens is 1. The maximum absolute atomic E-state index is 14.7. The maximum atomic E-state index is 14.7. The number of hydrogen-bond acceptors (Lipinski definition) is 22. The predicted octanol–water partition coefficient (Wildman–Crippen LogP) is 3.29. The average molecular weight is 1150 g/mol. The SMILES string of the molecule is CC[C@H]1OC(=O)[C@H](C)[C@@H](O[C@H]2C[C@@](C)(OC)[C@@H](OC(=O)CCNCCCc3cc4c5c(c3)c(=O)c(C(=O)O)cn5N(C)CO4)[C@H](C)O2)[C@H](C)[C@@H](O[C@@H]2O[C@H](C)C[C@H](N(C)C)[C@H]2O)[C@](C)(O)C[C@@H](C)/C(=N\OCOC)[C@@H](C)[C@@H](O)[C@]1(C)O. The number of carboxylic acids is 1. The number of nitrogens with zero attached hydrogens (tertiary/aromatic N) is 4. The molecular weight excluding hydrogens is 1060 g/mol. The van der Waals surface area contributed by atoms with Gasteiger partial charge in [-0.25, -0.2) is 4.79 Å². The molecule has 0 radical (unpaired) electrons. The standard InChI is InChI=1S/C57H91N5O19/c1-16-41-57(10,71)49(66)32(4)44(59-75-29-72-14)30(2)25-55(8,70)50(81-54-47(65)39(60(11)12)22-31(3)76-54)33(5)48(34(6)53(69)78-41)80-43-26-56(9,73-15)51(35(7)77-43)79-42(63)19-21-58-20-17-18-36-23-37-45-40(24-36)74-28-61(13)62(45)27-38(46(37)64)52(67)68/h23-24,27,30-35,39,41,43,47-51,54,58,65-66,70-71H,16-22,25-26,28-29H2,1-15H3,(H,67,68)/b59-44+/t30-,31-,32-,33+,34-,35+,39+,41-,43+,47-,48+,49-,50-,51+,54+,55-,56-,57-/m1/s1. The Morgan fingerprint density at radius 1 is 0.951 bits per heavy atom. The molecule has 4 aliphatic heterocycles. The first-order valence-corrected chi connectivity index (χ1v) is 28.2. The van der Waals surface area contributed by atoms with Crippen LogP contribution in [0.15, 0.2) is 28.3 Å². The Labute approximate surface area is 475 Å². The lowest BCUT2D eigenvalue weighted by Gasteiger charge is -2.49. The predicted molar refractivity (Wildman–Crippen MR) is 296 cm³/mol. The molecule has 24 nitrogen and oxygen atoms in total. The Hall–Kier alpha value is -4.57. The minimum atomic E-state index is -2.01. The third-order valence-electron chi connectivity index (χ3n) is 16.8. The fourth-order valence-corrected chi connectivity index (χ4v) is 12.3. The molecule has 0 amide bonds. The number of cyclic esters (lactones) is 1. The van der Waals surface area contributed by atoms with Crippen molar-refractivity contribution < 1.29 is 87.4 Å². The topological polar surface area (TPSA) is 298 Å². The van der Waals surface area contributed by atoms with Gasteiger partial charge < -0.3 is 83.2 Å². The fraction of sp³-hybridized carbons (Fsp3) is 0.772. The first-order chi connectivity index (χ1) is 38.0. The van der Waals surface area contributed by atoms with E-state index in [4.69, 9.17) is 47.5 Å². The van der Waals surface area contributed by atoms with Crippen LogP contribution in [0.4, 0.5) is 0 Å². The Morgan fingerprint density at radius 2 is 1.65 bits per heavy atom. The van der Waals surface area contributed by atoms with Crippen LogP contribution < -0.4 is 20.5 Å². The maximum Gasteiger partial charge on any atom is 0.341 e. The number of aromatic carboxylic acids is 1. The van der Waals surface area contributed by atoms with E-state index in [1.54, 1.807) is 78.2 Å². The van der Waals surface area contributed by atoms with Gasteiger partial charge in [-0.2, -0.15) is 0 Å². The van der Waals surface area contributed by atoms with E-state index in [1.807, 2.05) is 32.0 Å². The number of methoxy groups -OCH3 is 2. The second kappa shape index (κ2) is 27.4. The van der Waals surface area contributed by atoms with Crippen LogP contribution in [0.1, 0.15) is 124 Å². The highest BCUT2D eigenvalue weighted by Gasteiger charge is 2.54. The number of carbonyl (C=O) groups excluding carboxylic acids is 2. The number of aliphatic hydroxyl groups is 4. The molecule has 0 saturated carbocycles. The van der Waals surface area contributed by atoms with Gasteiger partial charge in [0, 0.05) is 64.2 Å². The number of oxime groups is 1. The van der Waals surface area contributed by atoms with Crippen LogP contribution in [0.3, 0.4) is 0 Å². The van der Waals surface area contributed by atoms with Crippen molar-refractivity contribution in [3.63, 3.8) is 0 Å². The van der Waals surface area contributed by atoms with Crippen LogP contribution in [-0.2, 0) is 58.7 Å². The van der Waals surface area contributed by atoms with Crippen molar-refractivity contribution in [3.8, 4) is 5.75 Å². The van der Waals surface area contributed by atoms with Crippen LogP contribution in [0.25, 0.3) is 10.9 Å². The molecule has 0 aliphatic carbocycles. The molecule has 6 N–H and O–H groups in total. The number of pyridine rings is 1. The van der Waals surface area contributed by atoms with Crippen molar-refractivity contribution in [1.29, 1.82) is 0 Å². The molecule has 81 heavy (non-hydrogen) atoms. The highest BCUT2D eigenvalue weighted by atomic mass is 16.7. The van der Waals surface area contributed by atoms with Gasteiger partial charge in [0.05, 0.1) is 59.6 Å². The smallest absolute Gasteiger partial charge is 0.341 e. The van der Waals surface area contributed by atoms with E-state index >= 15 is 0 Å². The Balaban J connectivity index is 1.20. The molecule has 18 atom stereocenters. The number of nitrogens with one attached hydrogen (secondary N) is 1. The number of aliphatic hydroxyl groups excluding tert-OH is 2. The summed E-state index contributed by atoms with van der Waals surface area (Å²) in [5.74, 6) is -5.76. The van der Waals surface area contributed by atoms with E-state index in [0.717, 1.165) is 5.56 Å². The van der Waals surface area contributed by atoms with Gasteiger partial charge in [-0.1, -0.05) is 32.9 Å². The van der Waals surface area contributed by atoms with E-state index in [0.29, 0.717) is 37.1 Å². The van der Waals surface area contributed by atoms with Crippen LogP contribution in [0.2, 0.25) is 0 Å². The largest absolute Gasteiger partial charge is 0.477 e. The lowest BCUT2D eigenvalue weighted by atomic mass is 9.73. The normalized spacial score (nSPS) is 36.7. The van der Waals surface area contributed by atoms with Crippen LogP contribution in [0.5, 0.6) is 5.75 Å². The summed E-state index contributed by atoms with van der Waals surface area (Å²) < 4.78 is 57.5. The van der Waals surface area contributed by atoms with Crippen molar-refractivity contribution in [1.82, 2.24) is 14.9 Å². The van der Waals surface area contributed by atoms with Gasteiger partial charge in [-0.3, -0.25) is 24.1 Å². The summed E-state index contributed by atoms with van der Waals surface area (Å²) in [7, 11) is 8.34. The average Bonchev–Trinajstić information content (AvgIpc) is 3.57. The summed E-state index contributed by atoms with van der Waals surface area (Å²) in [5.41, 5.74) is -4.40. The van der Waals surface area contributed by atoms with E-state index in [2.05, 4.69) is 10.5 Å². The van der Waals surface area contributed by atoms with Gasteiger partial charge in [0.25, 0.3) is 0 Å². The molecule has 4 aliphatic rings. The minimum absolute atomic E-state index is 0.00180. The Kier molecular flexibility index (Phi) is 22.2. The van der Waals surface area contributed by atoms with E-state index in [-0.39, 0.29) is 74.6 Å². The number of benzene rings is 1. The van der Waals surface area contributed by atoms with Gasteiger partial charge in [-0.05, 0) is 112 Å². The molecule has 0 spiro atoms. The van der Waals surface area contributed by atoms with Gasteiger partial charge in [0.1, 0.15) is 40.2 Å². The number of carboxylic acid groups (broad SMARTS) is 1. The molecule has 458 valence electrons. The zero-order valence-corrected chi connectivity index (χ0v) is 49.9. The van der Waals surface area contributed by atoms with Gasteiger partial charge in [0.15, 0.2) is 25.4 Å². The highest BCUT2D eigenvalue weighted by Crippen LogP contribution is 2.42. The molecule has 1 aromatic carbocycles. The van der Waals surface area contributed by atoms with Crippen molar-refractivity contribution in [2.45, 2.75) is 198 Å². The summed E-state index contributed by atoms with van der Waals surface area (Å²) in [5, 5.41) is 68.1. The van der Waals surface area contributed by atoms with Crippen LogP contribution >= 0.6 is 0 Å². The summed E-state index contributed by atoms with van der Waals surface area (Å²) in [6.07, 6.45) is -7.81. The molecule has 0 bridgehead atoms. The molecule has 1 aromatic heterocycles. The van der Waals surface area contributed by atoms with Crippen molar-refractivity contribution in [2.24, 2.45) is 28.8 Å². The molecule has 2 aromatic rings. The van der Waals surface area contributed by atoms with Crippen molar-refractivity contribution in [2.75, 3.05) is 67.0 Å². The number of carbonyl (C=O) groups is 3. The van der Waals surface area contributed by atoms with Crippen LogP contribution in [-0.4, -0.2) is 205 Å². The summed E-state index contributed by atoms with van der Waals surface area (Å²) in [4.78, 5) is 60.7. The van der Waals surface area contributed by atoms with Crippen molar-refractivity contribution >= 4 is 34.5 Å². The second-order valence-electron chi connectivity index (χ2n) is 23.6. The summed E-state index contributed by atoms with van der Waals surface area (Å²) in [6, 6.07) is 3.17. The molecule has 3 fully saturated rings. The quantitative estimate of drug-likeness (QED) is 0.0509. The number of aryl methyl sites for hydroxylation is 1. The first-order valence-electron chi connectivity index (χ1n) is 28.2. The number of rotatable bonds is 19. The second-order valence-corrected chi connectivity index (χ2v) is 23.6. The number of esters is 2. The number of hydrogen-bond donors (Lipinski definition) is 6. The molecule has 0 unspecified atom stereocenters. The van der Waals surface area contributed by atoms with E-state index in [1.165, 1.54) is 27.3 Å². The summed E-state index contributed by atoms with van der Waals surface area (Å²) in [6.45, 7) is 17.6. The fourth-order valence-electron chi connectivity index (χ4n) is 12.3. The lowest BCUT2D eigenvalue weighted by Crippen LogP contribution is -2.61. The lowest BCUT2D eigenvalue weighted by molar-refractivity contribution is -0.318. The third kappa shape index (κ3) is 14.9. The zero-order valence-electron chi connectivity index (χ0n) is 49.9. The Bertz CT molecular complexity index is 2560. The minimum Gasteiger partial charge on any atom is -0.477 e. The Morgan fingerprint density at radius 3 is 2.30 bits per heavy atom. The monoisotopic (exact) mass is 1150 g/mol. The van der Waals surface area contributed by atoms with Gasteiger partial charge in [-0.15, -0.1) is 0 Å². The third-order valence-corrected chi connectivity index (χ3v) is 16.8. The van der Waals surface area contributed by atoms with Crippen LogP contribution in [0, 0.1) is 23.7 Å². The summed E-state index contributed by atoms with van der Waals surface area (Å²) >= 11 is 0. The number of ether oxygens (including phenoxy) is 9. The van der Waals surface area contributed by atoms with Gasteiger partial charge in [0.2, 0.25) is 12.2 Å². The molecule has 6 rings (SSSR count). The van der Waals surface area contributed by atoms with E-state index in [9.17, 15) is 44.7 Å². The molecule has 5 heterocycles. The van der Waals surface area contributed by atoms with Gasteiger partial charge >= 0.3 is 17.9 Å². The first kappa shape index (κ1) is 65.6.